The van der Waals surface area contributed by atoms with Crippen molar-refractivity contribution in [2.24, 2.45) is 0 Å². The molecule has 0 aliphatic carbocycles. The van der Waals surface area contributed by atoms with Crippen LogP contribution in [0.2, 0.25) is 0 Å². The molecule has 1 fully saturated rings. The van der Waals surface area contributed by atoms with Crippen LogP contribution >= 0.6 is 0 Å². The molecule has 23 heavy (non-hydrogen) atoms. The Kier molecular flexibility index (Phi) is 6.66. The first-order chi connectivity index (χ1) is 11.0. The van der Waals surface area contributed by atoms with Crippen molar-refractivity contribution < 1.29 is 8.42 Å². The molecule has 130 valence electrons. The lowest BCUT2D eigenvalue weighted by Gasteiger charge is -2.29. The van der Waals surface area contributed by atoms with Gasteiger partial charge < -0.3 is 0 Å². The van der Waals surface area contributed by atoms with Gasteiger partial charge in [0.05, 0.1) is 4.90 Å². The Morgan fingerprint density at radius 3 is 1.87 bits per heavy atom. The van der Waals surface area contributed by atoms with E-state index in [1.165, 1.54) is 0 Å². The van der Waals surface area contributed by atoms with Gasteiger partial charge in [0.1, 0.15) is 0 Å². The van der Waals surface area contributed by atoms with Crippen molar-refractivity contribution in [1.29, 1.82) is 0 Å². The summed E-state index contributed by atoms with van der Waals surface area (Å²) in [6.07, 6.45) is 8.45. The van der Waals surface area contributed by atoms with E-state index in [9.17, 15) is 8.42 Å². The van der Waals surface area contributed by atoms with Crippen LogP contribution < -0.4 is 0 Å². The number of aryl methyl sites for hydroxylation is 1. The van der Waals surface area contributed by atoms with Crippen molar-refractivity contribution in [3.63, 3.8) is 0 Å². The highest BCUT2D eigenvalue weighted by molar-refractivity contribution is 7.89. The van der Waals surface area contributed by atoms with E-state index in [2.05, 4.69) is 13.8 Å². The van der Waals surface area contributed by atoms with Crippen LogP contribution in [0.4, 0.5) is 0 Å². The monoisotopic (exact) mass is 337 g/mol. The normalized spacial score (nSPS) is 22.6. The molecule has 1 aliphatic heterocycles. The Morgan fingerprint density at radius 1 is 0.957 bits per heavy atom. The zero-order valence-corrected chi connectivity index (χ0v) is 15.6. The molecule has 1 aromatic rings. The number of hydrogen-bond acceptors (Lipinski definition) is 2. The standard InChI is InChI=1S/C19H31NO2S/c1-4-6-8-17-12-13-18(9-7-5-2)20(17)23(21,22)19-14-10-16(3)11-15-19/h10-11,14-15,17-18H,4-9,12-13H2,1-3H3. The molecule has 0 aromatic heterocycles. The van der Waals surface area contributed by atoms with Crippen LogP contribution in [0.25, 0.3) is 0 Å². The fraction of sp³-hybridized carbons (Fsp3) is 0.684. The molecule has 0 amide bonds. The molecular weight excluding hydrogens is 306 g/mol. The minimum Gasteiger partial charge on any atom is -0.207 e. The lowest BCUT2D eigenvalue weighted by molar-refractivity contribution is 0.291. The van der Waals surface area contributed by atoms with Crippen molar-refractivity contribution in [1.82, 2.24) is 4.31 Å². The molecule has 1 saturated heterocycles. The van der Waals surface area contributed by atoms with Crippen LogP contribution in [0.5, 0.6) is 0 Å². The van der Waals surface area contributed by atoms with Gasteiger partial charge in [-0.3, -0.25) is 0 Å². The molecule has 0 N–H and O–H groups in total. The van der Waals surface area contributed by atoms with E-state index in [4.69, 9.17) is 0 Å². The number of hydrogen-bond donors (Lipinski definition) is 0. The fourth-order valence-corrected chi connectivity index (χ4v) is 5.51. The van der Waals surface area contributed by atoms with Crippen molar-refractivity contribution >= 4 is 10.0 Å². The van der Waals surface area contributed by atoms with Gasteiger partial charge in [-0.15, -0.1) is 0 Å². The maximum Gasteiger partial charge on any atom is 0.243 e. The first-order valence-electron chi connectivity index (χ1n) is 9.11. The summed E-state index contributed by atoms with van der Waals surface area (Å²) in [7, 11) is -3.38. The third-order valence-electron chi connectivity index (χ3n) is 4.93. The van der Waals surface area contributed by atoms with Crippen LogP contribution in [0, 0.1) is 6.92 Å². The zero-order chi connectivity index (χ0) is 16.9. The third-order valence-corrected chi connectivity index (χ3v) is 6.95. The smallest absolute Gasteiger partial charge is 0.207 e. The van der Waals surface area contributed by atoms with E-state index >= 15 is 0 Å². The molecule has 1 aliphatic rings. The molecule has 0 radical (unpaired) electrons. The van der Waals surface area contributed by atoms with E-state index in [1.54, 1.807) is 12.1 Å². The second-order valence-corrected chi connectivity index (χ2v) is 8.66. The molecule has 3 nitrogen and oxygen atoms in total. The molecule has 4 heteroatoms. The number of sulfonamides is 1. The van der Waals surface area contributed by atoms with E-state index in [-0.39, 0.29) is 12.1 Å². The Labute approximate surface area is 142 Å². The van der Waals surface area contributed by atoms with E-state index in [1.807, 2.05) is 23.4 Å². The van der Waals surface area contributed by atoms with Crippen LogP contribution in [-0.2, 0) is 10.0 Å². The quantitative estimate of drug-likeness (QED) is 0.677. The van der Waals surface area contributed by atoms with Crippen LogP contribution in [0.15, 0.2) is 29.2 Å². The number of rotatable bonds is 8. The molecule has 0 spiro atoms. The topological polar surface area (TPSA) is 37.4 Å². The van der Waals surface area contributed by atoms with E-state index in [0.717, 1.165) is 56.9 Å². The highest BCUT2D eigenvalue weighted by Gasteiger charge is 2.41. The van der Waals surface area contributed by atoms with Gasteiger partial charge in [0.25, 0.3) is 0 Å². The first-order valence-corrected chi connectivity index (χ1v) is 10.5. The number of nitrogens with zero attached hydrogens (tertiary/aromatic N) is 1. The summed E-state index contributed by atoms with van der Waals surface area (Å²) in [6.45, 7) is 6.32. The molecule has 2 unspecified atom stereocenters. The van der Waals surface area contributed by atoms with Crippen LogP contribution in [-0.4, -0.2) is 24.8 Å². The second-order valence-electron chi connectivity index (χ2n) is 6.82. The van der Waals surface area contributed by atoms with Gasteiger partial charge in [-0.2, -0.15) is 4.31 Å². The molecular formula is C19H31NO2S. The Hall–Kier alpha value is -0.870. The fourth-order valence-electron chi connectivity index (χ4n) is 3.58. The predicted molar refractivity (Wildman–Crippen MR) is 96.1 cm³/mol. The van der Waals surface area contributed by atoms with Gasteiger partial charge in [0, 0.05) is 12.1 Å². The predicted octanol–water partition coefficient (Wildman–Crippen LogP) is 4.90. The third kappa shape index (κ3) is 4.36. The minimum absolute atomic E-state index is 0.183. The van der Waals surface area contributed by atoms with Gasteiger partial charge in [0.2, 0.25) is 10.0 Å². The summed E-state index contributed by atoms with van der Waals surface area (Å²) in [5.41, 5.74) is 1.09. The van der Waals surface area contributed by atoms with Gasteiger partial charge in [-0.25, -0.2) is 8.42 Å². The lowest BCUT2D eigenvalue weighted by atomic mass is 10.1. The number of benzene rings is 1. The second kappa shape index (κ2) is 8.29. The van der Waals surface area contributed by atoms with Crippen molar-refractivity contribution in [3.8, 4) is 0 Å². The van der Waals surface area contributed by atoms with Gasteiger partial charge in [-0.1, -0.05) is 57.2 Å². The van der Waals surface area contributed by atoms with E-state index < -0.39 is 10.0 Å². The molecule has 2 rings (SSSR count). The van der Waals surface area contributed by atoms with E-state index in [0.29, 0.717) is 4.90 Å². The van der Waals surface area contributed by atoms with Crippen LogP contribution in [0.1, 0.15) is 70.8 Å². The van der Waals surface area contributed by atoms with Crippen molar-refractivity contribution in [3.05, 3.63) is 29.8 Å². The Bertz CT molecular complexity index is 564. The summed E-state index contributed by atoms with van der Waals surface area (Å²) in [4.78, 5) is 0.452. The van der Waals surface area contributed by atoms with Gasteiger partial charge in [0.15, 0.2) is 0 Å². The zero-order valence-electron chi connectivity index (χ0n) is 14.8. The average molecular weight is 338 g/mol. The summed E-state index contributed by atoms with van der Waals surface area (Å²) >= 11 is 0. The first kappa shape index (κ1) is 18.5. The molecule has 1 heterocycles. The van der Waals surface area contributed by atoms with Gasteiger partial charge in [-0.05, 0) is 44.7 Å². The van der Waals surface area contributed by atoms with Gasteiger partial charge >= 0.3 is 0 Å². The Morgan fingerprint density at radius 2 is 1.43 bits per heavy atom. The highest BCUT2D eigenvalue weighted by Crippen LogP contribution is 2.35. The Balaban J connectivity index is 2.28. The summed E-state index contributed by atoms with van der Waals surface area (Å²) < 4.78 is 28.3. The van der Waals surface area contributed by atoms with Crippen molar-refractivity contribution in [2.45, 2.75) is 89.1 Å². The summed E-state index contributed by atoms with van der Waals surface area (Å²) in [5, 5.41) is 0. The maximum absolute atomic E-state index is 13.2. The molecule has 1 aromatic carbocycles. The average Bonchev–Trinajstić information content (AvgIpc) is 2.95. The summed E-state index contributed by atoms with van der Waals surface area (Å²) in [5.74, 6) is 0. The van der Waals surface area contributed by atoms with Crippen LogP contribution in [0.3, 0.4) is 0 Å². The molecule has 2 atom stereocenters. The molecule has 0 bridgehead atoms. The SMILES string of the molecule is CCCCC1CCC(CCCC)N1S(=O)(=O)c1ccc(C)cc1. The largest absolute Gasteiger partial charge is 0.243 e. The maximum atomic E-state index is 13.2. The molecule has 0 saturated carbocycles. The summed E-state index contributed by atoms with van der Waals surface area (Å²) in [6, 6.07) is 7.68. The number of unbranched alkanes of at least 4 members (excludes halogenated alkanes) is 2. The minimum atomic E-state index is -3.38. The lowest BCUT2D eigenvalue weighted by Crippen LogP contribution is -2.41. The highest BCUT2D eigenvalue weighted by atomic mass is 32.2. The van der Waals surface area contributed by atoms with Crippen molar-refractivity contribution in [2.75, 3.05) is 0 Å².